The number of thiazole rings is 1. The van der Waals surface area contributed by atoms with Crippen LogP contribution in [0.1, 0.15) is 13.3 Å². The van der Waals surface area contributed by atoms with Gasteiger partial charge in [0.2, 0.25) is 0 Å². The largest absolute Gasteiger partial charge is 0.481 e. The number of carboxylic acid groups (broad SMARTS) is 1. The molecule has 17 heavy (non-hydrogen) atoms. The number of aromatic nitrogens is 1. The molecule has 2 heterocycles. The van der Waals surface area contributed by atoms with E-state index in [2.05, 4.69) is 4.98 Å². The minimum Gasteiger partial charge on any atom is -0.481 e. The predicted octanol–water partition coefficient (Wildman–Crippen LogP) is 1.35. The van der Waals surface area contributed by atoms with Gasteiger partial charge in [0.1, 0.15) is 6.20 Å². The second-order valence-electron chi connectivity index (χ2n) is 3.91. The number of nitrogens with zero attached hydrogens (tertiary/aromatic N) is 3. The number of rotatable bonds is 3. The number of hydrogen-bond donors (Lipinski definition) is 1. The molecular formula is C9H11N3O4S. The molecule has 1 N–H and O–H groups in total. The standard InChI is InChI=1S/C9H11N3O4S/c1-5-6(8(13)14)2-3-11(5)9-10-4-7(17-9)12(15)16/h4-6H,2-3H2,1H3,(H,13,14). The smallest absolute Gasteiger partial charge is 0.345 e. The summed E-state index contributed by atoms with van der Waals surface area (Å²) in [6.07, 6.45) is 1.75. The Hall–Kier alpha value is -1.70. The van der Waals surface area contributed by atoms with Crippen LogP contribution in [0.5, 0.6) is 0 Å². The van der Waals surface area contributed by atoms with Crippen LogP contribution in [0.4, 0.5) is 10.1 Å². The van der Waals surface area contributed by atoms with Gasteiger partial charge in [0.15, 0.2) is 5.13 Å². The fourth-order valence-corrected chi connectivity index (χ4v) is 2.86. The van der Waals surface area contributed by atoms with Gasteiger partial charge in [-0.25, -0.2) is 4.98 Å². The minimum atomic E-state index is -0.828. The molecule has 0 aliphatic carbocycles. The van der Waals surface area contributed by atoms with E-state index in [9.17, 15) is 14.9 Å². The maximum Gasteiger partial charge on any atom is 0.345 e. The summed E-state index contributed by atoms with van der Waals surface area (Å²) in [5.41, 5.74) is 0. The third kappa shape index (κ3) is 2.07. The van der Waals surface area contributed by atoms with Crippen molar-refractivity contribution in [3.63, 3.8) is 0 Å². The van der Waals surface area contributed by atoms with Crippen LogP contribution in [0.15, 0.2) is 6.20 Å². The monoisotopic (exact) mass is 257 g/mol. The van der Waals surface area contributed by atoms with Gasteiger partial charge in [-0.3, -0.25) is 14.9 Å². The molecule has 2 unspecified atom stereocenters. The van der Waals surface area contributed by atoms with Crippen LogP contribution in [0, 0.1) is 16.0 Å². The molecule has 8 heteroatoms. The fraction of sp³-hybridized carbons (Fsp3) is 0.556. The Morgan fingerprint density at radius 2 is 2.47 bits per heavy atom. The molecule has 7 nitrogen and oxygen atoms in total. The SMILES string of the molecule is CC1C(C(=O)O)CCN1c1ncc([N+](=O)[O-])s1. The summed E-state index contributed by atoms with van der Waals surface area (Å²) < 4.78 is 0. The van der Waals surface area contributed by atoms with Crippen molar-refractivity contribution >= 4 is 27.4 Å². The first kappa shape index (κ1) is 11.8. The highest BCUT2D eigenvalue weighted by Crippen LogP contribution is 2.35. The molecule has 0 aromatic carbocycles. The first-order chi connectivity index (χ1) is 8.00. The molecule has 1 fully saturated rings. The van der Waals surface area contributed by atoms with E-state index in [0.717, 1.165) is 11.3 Å². The normalized spacial score (nSPS) is 23.9. The minimum absolute atomic E-state index is 0.0222. The summed E-state index contributed by atoms with van der Waals surface area (Å²) in [5.74, 6) is -1.26. The van der Waals surface area contributed by atoms with Crippen molar-refractivity contribution < 1.29 is 14.8 Å². The molecule has 0 spiro atoms. The number of nitro groups is 1. The Morgan fingerprint density at radius 3 is 2.94 bits per heavy atom. The maximum absolute atomic E-state index is 11.0. The van der Waals surface area contributed by atoms with E-state index in [4.69, 9.17) is 5.11 Å². The molecule has 0 radical (unpaired) electrons. The molecule has 0 saturated carbocycles. The Morgan fingerprint density at radius 1 is 1.76 bits per heavy atom. The van der Waals surface area contributed by atoms with Crippen LogP contribution < -0.4 is 4.90 Å². The quantitative estimate of drug-likeness (QED) is 0.648. The molecule has 0 bridgehead atoms. The van der Waals surface area contributed by atoms with Crippen molar-refractivity contribution in [2.75, 3.05) is 11.4 Å². The lowest BCUT2D eigenvalue weighted by atomic mass is 10.0. The molecule has 1 saturated heterocycles. The Bertz CT molecular complexity index is 461. The second kappa shape index (κ2) is 4.28. The summed E-state index contributed by atoms with van der Waals surface area (Å²) in [4.78, 5) is 26.8. The average Bonchev–Trinajstić information content (AvgIpc) is 2.82. The highest BCUT2D eigenvalue weighted by molar-refractivity contribution is 7.18. The Balaban J connectivity index is 2.18. The van der Waals surface area contributed by atoms with Crippen molar-refractivity contribution in [3.05, 3.63) is 16.3 Å². The van der Waals surface area contributed by atoms with Gasteiger partial charge >= 0.3 is 11.0 Å². The Labute approximate surface area is 101 Å². The van der Waals surface area contributed by atoms with E-state index in [1.165, 1.54) is 6.20 Å². The summed E-state index contributed by atoms with van der Waals surface area (Å²) in [6.45, 7) is 2.38. The average molecular weight is 257 g/mol. The molecular weight excluding hydrogens is 246 g/mol. The number of carboxylic acids is 1. The molecule has 1 aromatic rings. The Kier molecular flexibility index (Phi) is 2.97. The van der Waals surface area contributed by atoms with Crippen molar-refractivity contribution in [1.29, 1.82) is 0 Å². The van der Waals surface area contributed by atoms with Gasteiger partial charge in [0.25, 0.3) is 0 Å². The van der Waals surface area contributed by atoms with Crippen molar-refractivity contribution in [2.45, 2.75) is 19.4 Å². The van der Waals surface area contributed by atoms with E-state index in [1.54, 1.807) is 6.92 Å². The van der Waals surface area contributed by atoms with E-state index in [0.29, 0.717) is 18.1 Å². The van der Waals surface area contributed by atoms with E-state index >= 15 is 0 Å². The number of hydrogen-bond acceptors (Lipinski definition) is 6. The zero-order valence-electron chi connectivity index (χ0n) is 9.07. The zero-order valence-corrected chi connectivity index (χ0v) is 9.88. The van der Waals surface area contributed by atoms with Gasteiger partial charge in [-0.15, -0.1) is 0 Å². The van der Waals surface area contributed by atoms with Crippen LogP contribution in [-0.4, -0.2) is 33.6 Å². The number of aliphatic carboxylic acids is 1. The van der Waals surface area contributed by atoms with E-state index in [1.807, 2.05) is 4.90 Å². The third-order valence-electron chi connectivity index (χ3n) is 2.98. The van der Waals surface area contributed by atoms with Crippen LogP contribution in [0.2, 0.25) is 0 Å². The van der Waals surface area contributed by atoms with Gasteiger partial charge in [-0.05, 0) is 24.7 Å². The molecule has 92 valence electrons. The highest BCUT2D eigenvalue weighted by Gasteiger charge is 2.37. The second-order valence-corrected chi connectivity index (χ2v) is 4.89. The number of anilines is 1. The highest BCUT2D eigenvalue weighted by atomic mass is 32.1. The van der Waals surface area contributed by atoms with Gasteiger partial charge in [-0.2, -0.15) is 0 Å². The molecule has 0 amide bonds. The lowest BCUT2D eigenvalue weighted by molar-refractivity contribution is -0.380. The van der Waals surface area contributed by atoms with Gasteiger partial charge in [0, 0.05) is 12.6 Å². The molecule has 1 aromatic heterocycles. The molecule has 2 rings (SSSR count). The lowest BCUT2D eigenvalue weighted by Gasteiger charge is -2.21. The molecule has 1 aliphatic rings. The summed E-state index contributed by atoms with van der Waals surface area (Å²) in [7, 11) is 0. The van der Waals surface area contributed by atoms with Crippen molar-refractivity contribution in [2.24, 2.45) is 5.92 Å². The predicted molar refractivity (Wildman–Crippen MR) is 61.3 cm³/mol. The van der Waals surface area contributed by atoms with Crippen LogP contribution in [0.3, 0.4) is 0 Å². The van der Waals surface area contributed by atoms with Crippen LogP contribution >= 0.6 is 11.3 Å². The van der Waals surface area contributed by atoms with Crippen molar-refractivity contribution in [1.82, 2.24) is 4.98 Å². The van der Waals surface area contributed by atoms with Gasteiger partial charge in [-0.1, -0.05) is 0 Å². The van der Waals surface area contributed by atoms with Gasteiger partial charge in [0.05, 0.1) is 10.8 Å². The summed E-state index contributed by atoms with van der Waals surface area (Å²) >= 11 is 0.979. The molecule has 2 atom stereocenters. The lowest BCUT2D eigenvalue weighted by Crippen LogP contribution is -2.32. The van der Waals surface area contributed by atoms with E-state index in [-0.39, 0.29) is 11.0 Å². The van der Waals surface area contributed by atoms with Crippen LogP contribution in [0.25, 0.3) is 0 Å². The first-order valence-corrected chi connectivity index (χ1v) is 5.92. The zero-order chi connectivity index (χ0) is 12.6. The van der Waals surface area contributed by atoms with Crippen LogP contribution in [-0.2, 0) is 4.79 Å². The van der Waals surface area contributed by atoms with E-state index < -0.39 is 16.8 Å². The van der Waals surface area contributed by atoms with Gasteiger partial charge < -0.3 is 10.0 Å². The summed E-state index contributed by atoms with van der Waals surface area (Å²) in [5, 5.41) is 20.0. The summed E-state index contributed by atoms with van der Waals surface area (Å²) in [6, 6.07) is -0.182. The number of carbonyl (C=O) groups is 1. The molecule has 1 aliphatic heterocycles. The fourth-order valence-electron chi connectivity index (χ4n) is 2.01. The topological polar surface area (TPSA) is 96.6 Å². The maximum atomic E-state index is 11.0. The van der Waals surface area contributed by atoms with Crippen molar-refractivity contribution in [3.8, 4) is 0 Å². The first-order valence-electron chi connectivity index (χ1n) is 5.10. The third-order valence-corrected chi connectivity index (χ3v) is 3.97.